The molecule has 1 nitrogen and oxygen atoms in total. The van der Waals surface area contributed by atoms with Gasteiger partial charge in [0, 0.05) is 20.4 Å². The molecule has 0 aliphatic carbocycles. The van der Waals surface area contributed by atoms with Gasteiger partial charge in [-0.1, -0.05) is 11.6 Å². The van der Waals surface area contributed by atoms with Crippen LogP contribution in [0.3, 0.4) is 0 Å². The van der Waals surface area contributed by atoms with Gasteiger partial charge < -0.3 is 0 Å². The van der Waals surface area contributed by atoms with Gasteiger partial charge in [0.2, 0.25) is 0 Å². The zero-order valence-electron chi connectivity index (χ0n) is 7.12. The van der Waals surface area contributed by atoms with Gasteiger partial charge in [-0.05, 0) is 17.7 Å². The van der Waals surface area contributed by atoms with Crippen molar-refractivity contribution in [2.24, 2.45) is 0 Å². The van der Waals surface area contributed by atoms with Crippen LogP contribution in [0.1, 0.15) is 5.56 Å². The number of nitrogens with zero attached hydrogens (tertiary/aromatic N) is 1. The molecule has 2 rings (SSSR count). The fourth-order valence-electron chi connectivity index (χ4n) is 1.36. The van der Waals surface area contributed by atoms with Gasteiger partial charge in [0.15, 0.2) is 0 Å². The Morgan fingerprint density at radius 3 is 3.00 bits per heavy atom. The maximum atomic E-state index is 8.59. The van der Waals surface area contributed by atoms with E-state index in [0.29, 0.717) is 6.42 Å². The molecule has 4 heteroatoms. The first kappa shape index (κ1) is 9.85. The third kappa shape index (κ3) is 1.61. The predicted molar refractivity (Wildman–Crippen MR) is 63.4 cm³/mol. The summed E-state index contributed by atoms with van der Waals surface area (Å²) in [6.45, 7) is 0. The molecule has 0 saturated heterocycles. The van der Waals surface area contributed by atoms with Gasteiger partial charge >= 0.3 is 0 Å². The minimum atomic E-state index is 0.416. The summed E-state index contributed by atoms with van der Waals surface area (Å²) in [7, 11) is 0. The van der Waals surface area contributed by atoms with E-state index in [9.17, 15) is 0 Å². The molecule has 0 N–H and O–H groups in total. The number of thiol groups is 1. The fraction of sp³-hybridized carbons (Fsp3) is 0.100. The summed E-state index contributed by atoms with van der Waals surface area (Å²) in [5.41, 5.74) is 0.989. The lowest BCUT2D eigenvalue weighted by Crippen LogP contribution is -1.81. The minimum Gasteiger partial charge on any atom is -0.198 e. The van der Waals surface area contributed by atoms with Crippen molar-refractivity contribution in [2.75, 3.05) is 0 Å². The maximum absolute atomic E-state index is 8.59. The lowest BCUT2D eigenvalue weighted by atomic mass is 10.1. The van der Waals surface area contributed by atoms with Gasteiger partial charge in [0.25, 0.3) is 0 Å². The van der Waals surface area contributed by atoms with Crippen LogP contribution in [0.4, 0.5) is 0 Å². The van der Waals surface area contributed by atoms with E-state index in [-0.39, 0.29) is 0 Å². The lowest BCUT2D eigenvalue weighted by molar-refractivity contribution is 1.25. The largest absolute Gasteiger partial charge is 0.198 e. The number of thiophene rings is 1. The number of rotatable bonds is 1. The molecular formula is C10H6ClNS2. The number of halogens is 1. The van der Waals surface area contributed by atoms with Gasteiger partial charge in [-0.25, -0.2) is 0 Å². The normalized spacial score (nSPS) is 10.4. The van der Waals surface area contributed by atoms with Crippen LogP contribution in [-0.4, -0.2) is 0 Å². The van der Waals surface area contributed by atoms with Crippen molar-refractivity contribution in [3.05, 3.63) is 28.1 Å². The van der Waals surface area contributed by atoms with E-state index in [1.807, 2.05) is 17.5 Å². The van der Waals surface area contributed by atoms with Crippen LogP contribution < -0.4 is 0 Å². The van der Waals surface area contributed by atoms with Crippen LogP contribution in [0.5, 0.6) is 0 Å². The summed E-state index contributed by atoms with van der Waals surface area (Å²) in [4.78, 5) is 0.846. The Kier molecular flexibility index (Phi) is 2.69. The average molecular weight is 240 g/mol. The molecule has 0 aliphatic rings. The Hall–Kier alpha value is -0.690. The molecule has 0 amide bonds. The number of hydrogen-bond donors (Lipinski definition) is 1. The monoisotopic (exact) mass is 239 g/mol. The smallest absolute Gasteiger partial charge is 0.0669 e. The molecule has 14 heavy (non-hydrogen) atoms. The van der Waals surface area contributed by atoms with Crippen LogP contribution >= 0.6 is 35.6 Å². The highest BCUT2D eigenvalue weighted by Gasteiger charge is 2.07. The van der Waals surface area contributed by atoms with Crippen molar-refractivity contribution >= 4 is 45.7 Å². The van der Waals surface area contributed by atoms with E-state index >= 15 is 0 Å². The van der Waals surface area contributed by atoms with E-state index in [2.05, 4.69) is 18.7 Å². The molecule has 0 bridgehead atoms. The topological polar surface area (TPSA) is 23.8 Å². The number of nitriles is 1. The second-order valence-electron chi connectivity index (χ2n) is 2.91. The molecule has 0 radical (unpaired) electrons. The van der Waals surface area contributed by atoms with Gasteiger partial charge in [0.1, 0.15) is 0 Å². The number of hydrogen-bond acceptors (Lipinski definition) is 3. The maximum Gasteiger partial charge on any atom is 0.0669 e. The minimum absolute atomic E-state index is 0.416. The molecule has 0 unspecified atom stereocenters. The molecule has 0 atom stereocenters. The zero-order valence-corrected chi connectivity index (χ0v) is 9.59. The number of benzene rings is 1. The summed E-state index contributed by atoms with van der Waals surface area (Å²) < 4.78 is 1.09. The lowest BCUT2D eigenvalue weighted by Gasteiger charge is -1.99. The Bertz CT molecular complexity index is 525. The van der Waals surface area contributed by atoms with E-state index in [4.69, 9.17) is 16.9 Å². The summed E-state index contributed by atoms with van der Waals surface area (Å²) in [6, 6.07) is 6.01. The SMILES string of the molecule is N#CCc1cc(S)c2c(Cl)csc2c1. The molecule has 1 aromatic carbocycles. The molecule has 0 fully saturated rings. The first-order chi connectivity index (χ1) is 6.72. The standard InChI is InChI=1S/C10H6ClNS2/c11-7-5-14-9-4-6(1-2-12)3-8(13)10(7)9/h3-5,13H,1H2. The van der Waals surface area contributed by atoms with Crippen LogP contribution in [0.25, 0.3) is 10.1 Å². The second-order valence-corrected chi connectivity index (χ2v) is 4.71. The number of fused-ring (bicyclic) bond motifs is 1. The first-order valence-electron chi connectivity index (χ1n) is 3.98. The van der Waals surface area contributed by atoms with Gasteiger partial charge in [-0.2, -0.15) is 5.26 Å². The van der Waals surface area contributed by atoms with E-state index < -0.39 is 0 Å². The molecule has 0 saturated carbocycles. The summed E-state index contributed by atoms with van der Waals surface area (Å²) >= 11 is 11.9. The Labute approximate surface area is 96.3 Å². The fourth-order valence-corrected chi connectivity index (χ4v) is 3.20. The summed E-state index contributed by atoms with van der Waals surface area (Å²) in [6.07, 6.45) is 0.416. The molecule has 0 spiro atoms. The van der Waals surface area contributed by atoms with Gasteiger partial charge in [-0.15, -0.1) is 24.0 Å². The summed E-state index contributed by atoms with van der Waals surface area (Å²) in [5, 5.41) is 12.2. The second kappa shape index (κ2) is 3.82. The molecule has 1 aromatic heterocycles. The highest BCUT2D eigenvalue weighted by atomic mass is 35.5. The Morgan fingerprint density at radius 1 is 1.50 bits per heavy atom. The van der Waals surface area contributed by atoms with Gasteiger partial charge in [-0.3, -0.25) is 0 Å². The van der Waals surface area contributed by atoms with Crippen molar-refractivity contribution in [3.8, 4) is 6.07 Å². The Morgan fingerprint density at radius 2 is 2.29 bits per heavy atom. The third-order valence-electron chi connectivity index (χ3n) is 1.95. The van der Waals surface area contributed by atoms with Crippen LogP contribution in [0.2, 0.25) is 5.02 Å². The first-order valence-corrected chi connectivity index (χ1v) is 5.68. The van der Waals surface area contributed by atoms with Gasteiger partial charge in [0.05, 0.1) is 17.5 Å². The van der Waals surface area contributed by atoms with Crippen molar-refractivity contribution in [3.63, 3.8) is 0 Å². The predicted octanol–water partition coefficient (Wildman–Crippen LogP) is 3.91. The average Bonchev–Trinajstić information content (AvgIpc) is 2.48. The van der Waals surface area contributed by atoms with Crippen LogP contribution in [-0.2, 0) is 6.42 Å². The van der Waals surface area contributed by atoms with Crippen molar-refractivity contribution in [1.82, 2.24) is 0 Å². The Balaban J connectivity index is 2.69. The molecule has 70 valence electrons. The zero-order chi connectivity index (χ0) is 10.1. The molecule has 1 heterocycles. The molecular weight excluding hydrogens is 234 g/mol. The summed E-state index contributed by atoms with van der Waals surface area (Å²) in [5.74, 6) is 0. The van der Waals surface area contributed by atoms with E-state index in [1.165, 1.54) is 0 Å². The van der Waals surface area contributed by atoms with Crippen molar-refractivity contribution in [2.45, 2.75) is 11.3 Å². The van der Waals surface area contributed by atoms with E-state index in [0.717, 1.165) is 25.6 Å². The molecule has 2 aromatic rings. The van der Waals surface area contributed by atoms with E-state index in [1.54, 1.807) is 11.3 Å². The van der Waals surface area contributed by atoms with Crippen LogP contribution in [0, 0.1) is 11.3 Å². The van der Waals surface area contributed by atoms with Crippen molar-refractivity contribution < 1.29 is 0 Å². The quantitative estimate of drug-likeness (QED) is 0.750. The van der Waals surface area contributed by atoms with Crippen molar-refractivity contribution in [1.29, 1.82) is 5.26 Å². The third-order valence-corrected chi connectivity index (χ3v) is 3.66. The van der Waals surface area contributed by atoms with Crippen LogP contribution in [0.15, 0.2) is 22.4 Å². The highest BCUT2D eigenvalue weighted by Crippen LogP contribution is 2.35. The molecule has 0 aliphatic heterocycles. The highest BCUT2D eigenvalue weighted by molar-refractivity contribution is 7.80.